The van der Waals surface area contributed by atoms with Gasteiger partial charge in [0.1, 0.15) is 0 Å². The van der Waals surface area contributed by atoms with Crippen molar-refractivity contribution < 1.29 is 14.6 Å². The summed E-state index contributed by atoms with van der Waals surface area (Å²) in [6, 6.07) is 3.61. The van der Waals surface area contributed by atoms with Crippen molar-refractivity contribution in [2.45, 2.75) is 26.5 Å². The summed E-state index contributed by atoms with van der Waals surface area (Å²) in [4.78, 5) is 0. The largest absolute Gasteiger partial charge is 0.493 e. The Balaban J connectivity index is 2.87. The molecule has 0 fully saturated rings. The van der Waals surface area contributed by atoms with Gasteiger partial charge in [0.05, 0.1) is 19.8 Å². The zero-order chi connectivity index (χ0) is 13.5. The van der Waals surface area contributed by atoms with Crippen LogP contribution in [0.3, 0.4) is 0 Å². The Kier molecular flexibility index (Phi) is 6.25. The summed E-state index contributed by atoms with van der Waals surface area (Å²) in [5.41, 5.74) is 0.915. The Labute approximate surface area is 113 Å². The second-order valence-electron chi connectivity index (χ2n) is 4.16. The van der Waals surface area contributed by atoms with E-state index in [2.05, 4.69) is 5.32 Å². The zero-order valence-electron chi connectivity index (χ0n) is 11.0. The fourth-order valence-electron chi connectivity index (χ4n) is 1.52. The predicted octanol–water partition coefficient (Wildman–Crippen LogP) is 2.22. The van der Waals surface area contributed by atoms with Crippen LogP contribution in [0, 0.1) is 0 Å². The number of nitrogens with one attached hydrogen (secondary N) is 1. The highest BCUT2D eigenvalue weighted by atomic mass is 35.5. The second kappa shape index (κ2) is 7.46. The maximum absolute atomic E-state index is 8.72. The molecule has 0 amide bonds. The molecule has 0 radical (unpaired) electrons. The molecule has 0 aliphatic carbocycles. The Morgan fingerprint density at radius 3 is 2.61 bits per heavy atom. The van der Waals surface area contributed by atoms with E-state index in [0.717, 1.165) is 5.56 Å². The molecule has 4 nitrogen and oxygen atoms in total. The van der Waals surface area contributed by atoms with Crippen molar-refractivity contribution in [3.05, 3.63) is 22.7 Å². The third-order valence-corrected chi connectivity index (χ3v) is 2.65. The fourth-order valence-corrected chi connectivity index (χ4v) is 1.74. The highest BCUT2D eigenvalue weighted by Crippen LogP contribution is 2.33. The SMILES string of the molecule is COc1cc(CNCCO)c(Cl)cc1OC(C)C. The van der Waals surface area contributed by atoms with Crippen molar-refractivity contribution in [2.75, 3.05) is 20.3 Å². The zero-order valence-corrected chi connectivity index (χ0v) is 11.8. The molecule has 0 saturated heterocycles. The summed E-state index contributed by atoms with van der Waals surface area (Å²) >= 11 is 6.18. The van der Waals surface area contributed by atoms with E-state index in [9.17, 15) is 0 Å². The van der Waals surface area contributed by atoms with Crippen LogP contribution in [0.4, 0.5) is 0 Å². The normalized spacial score (nSPS) is 10.8. The van der Waals surface area contributed by atoms with Gasteiger partial charge in [-0.05, 0) is 25.5 Å². The van der Waals surface area contributed by atoms with Crippen LogP contribution >= 0.6 is 11.6 Å². The summed E-state index contributed by atoms with van der Waals surface area (Å²) in [6.07, 6.45) is 0.0633. The average molecular weight is 274 g/mol. The quantitative estimate of drug-likeness (QED) is 0.748. The summed E-state index contributed by atoms with van der Waals surface area (Å²) in [5.74, 6) is 1.30. The van der Waals surface area contributed by atoms with Crippen LogP contribution in [0.5, 0.6) is 11.5 Å². The van der Waals surface area contributed by atoms with E-state index in [1.807, 2.05) is 19.9 Å². The lowest BCUT2D eigenvalue weighted by molar-refractivity contribution is 0.230. The number of methoxy groups -OCH3 is 1. The van der Waals surface area contributed by atoms with Crippen LogP contribution in [-0.4, -0.2) is 31.5 Å². The lowest BCUT2D eigenvalue weighted by Gasteiger charge is -2.16. The van der Waals surface area contributed by atoms with Crippen LogP contribution in [0.15, 0.2) is 12.1 Å². The van der Waals surface area contributed by atoms with Crippen molar-refractivity contribution in [3.63, 3.8) is 0 Å². The topological polar surface area (TPSA) is 50.7 Å². The number of hydrogen-bond donors (Lipinski definition) is 2. The maximum Gasteiger partial charge on any atom is 0.163 e. The van der Waals surface area contributed by atoms with E-state index < -0.39 is 0 Å². The first-order valence-corrected chi connectivity index (χ1v) is 6.31. The first-order chi connectivity index (χ1) is 8.58. The number of hydrogen-bond acceptors (Lipinski definition) is 4. The van der Waals surface area contributed by atoms with Gasteiger partial charge in [-0.25, -0.2) is 0 Å². The summed E-state index contributed by atoms with van der Waals surface area (Å²) in [7, 11) is 1.60. The summed E-state index contributed by atoms with van der Waals surface area (Å²) in [6.45, 7) is 5.11. The van der Waals surface area contributed by atoms with E-state index in [4.69, 9.17) is 26.2 Å². The molecule has 1 rings (SSSR count). The molecule has 0 bridgehead atoms. The molecule has 102 valence electrons. The minimum absolute atomic E-state index is 0.0633. The van der Waals surface area contributed by atoms with Crippen LogP contribution in [0.1, 0.15) is 19.4 Å². The monoisotopic (exact) mass is 273 g/mol. The Hall–Kier alpha value is -0.970. The lowest BCUT2D eigenvalue weighted by atomic mass is 10.2. The molecule has 0 unspecified atom stereocenters. The van der Waals surface area contributed by atoms with Crippen molar-refractivity contribution in [3.8, 4) is 11.5 Å². The first kappa shape index (κ1) is 15.1. The van der Waals surface area contributed by atoms with Crippen molar-refractivity contribution in [1.29, 1.82) is 0 Å². The second-order valence-corrected chi connectivity index (χ2v) is 4.57. The number of aliphatic hydroxyl groups excluding tert-OH is 1. The molecular weight excluding hydrogens is 254 g/mol. The highest BCUT2D eigenvalue weighted by Gasteiger charge is 2.11. The molecule has 2 N–H and O–H groups in total. The van der Waals surface area contributed by atoms with Crippen LogP contribution in [0.2, 0.25) is 5.02 Å². The fraction of sp³-hybridized carbons (Fsp3) is 0.538. The molecule has 18 heavy (non-hydrogen) atoms. The molecule has 0 heterocycles. The van der Waals surface area contributed by atoms with E-state index in [-0.39, 0.29) is 12.7 Å². The molecule has 0 aliphatic heterocycles. The van der Waals surface area contributed by atoms with Gasteiger partial charge in [-0.15, -0.1) is 0 Å². The summed E-state index contributed by atoms with van der Waals surface area (Å²) in [5, 5.41) is 12.4. The van der Waals surface area contributed by atoms with Crippen molar-refractivity contribution >= 4 is 11.6 Å². The van der Waals surface area contributed by atoms with Gasteiger partial charge in [0.15, 0.2) is 11.5 Å². The van der Waals surface area contributed by atoms with Crippen molar-refractivity contribution in [1.82, 2.24) is 5.32 Å². The van der Waals surface area contributed by atoms with Crippen molar-refractivity contribution in [2.24, 2.45) is 0 Å². The number of benzene rings is 1. The van der Waals surface area contributed by atoms with Crippen LogP contribution in [-0.2, 0) is 6.54 Å². The Morgan fingerprint density at radius 1 is 1.33 bits per heavy atom. The van der Waals surface area contributed by atoms with Gasteiger partial charge in [0, 0.05) is 24.2 Å². The molecule has 0 atom stereocenters. The van der Waals surface area contributed by atoms with Crippen LogP contribution < -0.4 is 14.8 Å². The van der Waals surface area contributed by atoms with E-state index in [1.165, 1.54) is 0 Å². The lowest BCUT2D eigenvalue weighted by Crippen LogP contribution is -2.17. The number of rotatable bonds is 7. The Bertz CT molecular complexity index is 383. The van der Waals surface area contributed by atoms with Gasteiger partial charge in [-0.2, -0.15) is 0 Å². The van der Waals surface area contributed by atoms with Gasteiger partial charge in [-0.3, -0.25) is 0 Å². The molecule has 0 aromatic heterocycles. The number of aliphatic hydroxyl groups is 1. The number of ether oxygens (including phenoxy) is 2. The number of halogens is 1. The molecule has 0 saturated carbocycles. The third-order valence-electron chi connectivity index (χ3n) is 2.30. The molecule has 1 aromatic carbocycles. The molecule has 0 aliphatic rings. The van der Waals surface area contributed by atoms with E-state index in [1.54, 1.807) is 13.2 Å². The van der Waals surface area contributed by atoms with Crippen LogP contribution in [0.25, 0.3) is 0 Å². The molecular formula is C13H20ClNO3. The standard InChI is InChI=1S/C13H20ClNO3/c1-9(2)18-13-7-11(14)10(6-12(13)17-3)8-15-4-5-16/h6-7,9,15-16H,4-5,8H2,1-3H3. The summed E-state index contributed by atoms with van der Waals surface area (Å²) < 4.78 is 10.9. The van der Waals surface area contributed by atoms with E-state index in [0.29, 0.717) is 29.6 Å². The third kappa shape index (κ3) is 4.37. The van der Waals surface area contributed by atoms with Gasteiger partial charge >= 0.3 is 0 Å². The first-order valence-electron chi connectivity index (χ1n) is 5.93. The molecule has 5 heteroatoms. The minimum Gasteiger partial charge on any atom is -0.493 e. The smallest absolute Gasteiger partial charge is 0.163 e. The minimum atomic E-state index is 0.0633. The van der Waals surface area contributed by atoms with Gasteiger partial charge in [0.2, 0.25) is 0 Å². The Morgan fingerprint density at radius 2 is 2.06 bits per heavy atom. The average Bonchev–Trinajstić information content (AvgIpc) is 2.31. The predicted molar refractivity (Wildman–Crippen MR) is 72.6 cm³/mol. The van der Waals surface area contributed by atoms with E-state index >= 15 is 0 Å². The van der Waals surface area contributed by atoms with Gasteiger partial charge < -0.3 is 19.9 Å². The molecule has 1 aromatic rings. The van der Waals surface area contributed by atoms with Gasteiger partial charge in [-0.1, -0.05) is 11.6 Å². The highest BCUT2D eigenvalue weighted by molar-refractivity contribution is 6.31. The van der Waals surface area contributed by atoms with Gasteiger partial charge in [0.25, 0.3) is 0 Å². The molecule has 0 spiro atoms. The maximum atomic E-state index is 8.72.